The number of hydrogen-bond donors (Lipinski definition) is 3. The van der Waals surface area contributed by atoms with Crippen molar-refractivity contribution in [3.63, 3.8) is 0 Å². The molecule has 2 rings (SSSR count). The van der Waals surface area contributed by atoms with Crippen molar-refractivity contribution in [2.45, 2.75) is 56.1 Å². The number of imide groups is 1. The molecule has 1 unspecified atom stereocenters. The van der Waals surface area contributed by atoms with Crippen LogP contribution >= 0.6 is 0 Å². The third-order valence-electron chi connectivity index (χ3n) is 4.25. The summed E-state index contributed by atoms with van der Waals surface area (Å²) in [5.41, 5.74) is 0. The van der Waals surface area contributed by atoms with Crippen molar-refractivity contribution in [1.82, 2.24) is 25.1 Å². The van der Waals surface area contributed by atoms with Crippen LogP contribution in [0, 0.1) is 0 Å². The molecule has 1 saturated carbocycles. The largest absolute Gasteiger partial charge is 0.452 e. The summed E-state index contributed by atoms with van der Waals surface area (Å²) in [5, 5.41) is 8.57. The van der Waals surface area contributed by atoms with Gasteiger partial charge in [-0.2, -0.15) is 9.82 Å². The Hall–Kier alpha value is -2.47. The van der Waals surface area contributed by atoms with Gasteiger partial charge in [0.25, 0.3) is 5.91 Å². The molecule has 1 heterocycles. The summed E-state index contributed by atoms with van der Waals surface area (Å²) in [7, 11) is -2.37. The molecule has 1 aromatic rings. The molecule has 0 saturated heterocycles. The summed E-state index contributed by atoms with van der Waals surface area (Å²) in [4.78, 5) is 35.5. The molecule has 1 aromatic heterocycles. The highest BCUT2D eigenvalue weighted by Crippen LogP contribution is 2.17. The van der Waals surface area contributed by atoms with Gasteiger partial charge in [-0.3, -0.25) is 19.6 Å². The van der Waals surface area contributed by atoms with Gasteiger partial charge in [-0.05, 0) is 19.8 Å². The summed E-state index contributed by atoms with van der Waals surface area (Å²) in [6.45, 7) is 0.625. The molecule has 0 spiro atoms. The second-order valence-electron chi connectivity index (χ2n) is 6.60. The highest BCUT2D eigenvalue weighted by molar-refractivity contribution is 7.89. The number of nitrogens with zero attached hydrogens (tertiary/aromatic N) is 2. The van der Waals surface area contributed by atoms with E-state index >= 15 is 0 Å². The third kappa shape index (κ3) is 6.60. The highest BCUT2D eigenvalue weighted by atomic mass is 32.2. The van der Waals surface area contributed by atoms with Crippen LogP contribution in [0.1, 0.15) is 39.0 Å². The normalized spacial score (nSPS) is 16.2. The average molecular weight is 415 g/mol. The molecule has 11 nitrogen and oxygen atoms in total. The maximum Gasteiger partial charge on any atom is 0.321 e. The van der Waals surface area contributed by atoms with Crippen LogP contribution in [0.5, 0.6) is 0 Å². The van der Waals surface area contributed by atoms with Gasteiger partial charge in [0.2, 0.25) is 10.0 Å². The molecule has 28 heavy (non-hydrogen) atoms. The molecule has 12 heteroatoms. The fourth-order valence-corrected chi connectivity index (χ4v) is 3.70. The van der Waals surface area contributed by atoms with Crippen LogP contribution < -0.4 is 15.4 Å². The molecule has 0 aliphatic heterocycles. The van der Waals surface area contributed by atoms with Gasteiger partial charge in [0.15, 0.2) is 6.10 Å². The first-order chi connectivity index (χ1) is 13.2. The number of carbonyl (C=O) groups excluding carboxylic acids is 3. The summed E-state index contributed by atoms with van der Waals surface area (Å²) in [5.74, 6) is -1.75. The van der Waals surface area contributed by atoms with Gasteiger partial charge < -0.3 is 10.1 Å². The average Bonchev–Trinajstić information content (AvgIpc) is 3.08. The van der Waals surface area contributed by atoms with Crippen LogP contribution in [0.3, 0.4) is 0 Å². The van der Waals surface area contributed by atoms with Gasteiger partial charge in [-0.1, -0.05) is 19.3 Å². The highest BCUT2D eigenvalue weighted by Gasteiger charge is 2.23. The van der Waals surface area contributed by atoms with Gasteiger partial charge >= 0.3 is 12.0 Å². The topological polar surface area (TPSA) is 148 Å². The maximum atomic E-state index is 12.0. The van der Waals surface area contributed by atoms with Crippen molar-refractivity contribution < 1.29 is 27.5 Å². The number of amides is 3. The first-order valence-electron chi connectivity index (χ1n) is 8.96. The predicted molar refractivity (Wildman–Crippen MR) is 97.5 cm³/mol. The minimum Gasteiger partial charge on any atom is -0.452 e. The Morgan fingerprint density at radius 3 is 2.57 bits per heavy atom. The Morgan fingerprint density at radius 2 is 1.96 bits per heavy atom. The summed E-state index contributed by atoms with van der Waals surface area (Å²) >= 11 is 0. The number of aromatic nitrogens is 2. The van der Waals surface area contributed by atoms with Crippen LogP contribution in [0.2, 0.25) is 0 Å². The Bertz CT molecular complexity index is 815. The van der Waals surface area contributed by atoms with Gasteiger partial charge in [-0.15, -0.1) is 0 Å². The van der Waals surface area contributed by atoms with E-state index in [1.165, 1.54) is 17.8 Å². The van der Waals surface area contributed by atoms with Gasteiger partial charge in [-0.25, -0.2) is 13.2 Å². The quantitative estimate of drug-likeness (QED) is 0.522. The molecular weight excluding hydrogens is 390 g/mol. The van der Waals surface area contributed by atoms with Crippen molar-refractivity contribution in [2.24, 2.45) is 7.05 Å². The Kier molecular flexibility index (Phi) is 7.52. The third-order valence-corrected chi connectivity index (χ3v) is 5.61. The number of esters is 1. The van der Waals surface area contributed by atoms with Crippen molar-refractivity contribution in [3.8, 4) is 0 Å². The molecule has 3 N–H and O–H groups in total. The monoisotopic (exact) mass is 415 g/mol. The second-order valence-corrected chi connectivity index (χ2v) is 8.37. The SMILES string of the molecule is CC(OC(=O)CNS(=O)(=O)c1cnn(C)c1)C(=O)NC(=O)NC1CCCCC1. The molecule has 1 aliphatic rings. The lowest BCUT2D eigenvalue weighted by molar-refractivity contribution is -0.153. The van der Waals surface area contributed by atoms with Crippen molar-refractivity contribution in [3.05, 3.63) is 12.4 Å². The summed E-state index contributed by atoms with van der Waals surface area (Å²) < 4.78 is 32.2. The van der Waals surface area contributed by atoms with Crippen LogP contribution in [0.4, 0.5) is 4.79 Å². The van der Waals surface area contributed by atoms with Crippen LogP contribution in [0.15, 0.2) is 17.3 Å². The standard InChI is InChI=1S/C16H25N5O6S/c1-11(15(23)20-16(24)19-12-6-4-3-5-7-12)27-14(22)9-18-28(25,26)13-8-17-21(2)10-13/h8,10-12,18H,3-7,9H2,1-2H3,(H2,19,20,23,24). The lowest BCUT2D eigenvalue weighted by atomic mass is 9.96. The molecule has 0 aromatic carbocycles. The van der Waals surface area contributed by atoms with Crippen LogP contribution in [-0.2, 0) is 31.4 Å². The number of hydrogen-bond acceptors (Lipinski definition) is 7. The zero-order chi connectivity index (χ0) is 20.7. The minimum absolute atomic E-state index is 0.0290. The van der Waals surface area contributed by atoms with Gasteiger partial charge in [0.1, 0.15) is 11.4 Å². The van der Waals surface area contributed by atoms with E-state index in [4.69, 9.17) is 4.74 Å². The molecule has 3 amide bonds. The summed E-state index contributed by atoms with van der Waals surface area (Å²) in [6.07, 6.45) is 6.07. The predicted octanol–water partition coefficient (Wildman–Crippen LogP) is -0.211. The zero-order valence-electron chi connectivity index (χ0n) is 15.8. The molecule has 1 atom stereocenters. The number of rotatable bonds is 7. The van der Waals surface area contributed by atoms with E-state index in [0.29, 0.717) is 0 Å². The van der Waals surface area contributed by atoms with E-state index in [0.717, 1.165) is 38.3 Å². The lowest BCUT2D eigenvalue weighted by Crippen LogP contribution is -2.48. The molecule has 0 bridgehead atoms. The number of nitrogens with one attached hydrogen (secondary N) is 3. The fraction of sp³-hybridized carbons (Fsp3) is 0.625. The Labute approximate surface area is 163 Å². The molecule has 0 radical (unpaired) electrons. The van der Waals surface area contributed by atoms with E-state index in [1.54, 1.807) is 7.05 Å². The van der Waals surface area contributed by atoms with E-state index in [9.17, 15) is 22.8 Å². The Morgan fingerprint density at radius 1 is 1.29 bits per heavy atom. The molecule has 1 aliphatic carbocycles. The summed E-state index contributed by atoms with van der Waals surface area (Å²) in [6, 6.07) is -0.613. The number of sulfonamides is 1. The van der Waals surface area contributed by atoms with E-state index in [2.05, 4.69) is 20.5 Å². The lowest BCUT2D eigenvalue weighted by Gasteiger charge is -2.23. The number of carbonyl (C=O) groups is 3. The number of aryl methyl sites for hydroxylation is 1. The van der Waals surface area contributed by atoms with Crippen molar-refractivity contribution in [1.29, 1.82) is 0 Å². The van der Waals surface area contributed by atoms with Crippen molar-refractivity contribution in [2.75, 3.05) is 6.54 Å². The second kappa shape index (κ2) is 9.64. The van der Waals surface area contributed by atoms with E-state index in [1.807, 2.05) is 0 Å². The van der Waals surface area contributed by atoms with E-state index < -0.39 is 40.6 Å². The number of ether oxygens (including phenoxy) is 1. The zero-order valence-corrected chi connectivity index (χ0v) is 16.6. The van der Waals surface area contributed by atoms with Crippen LogP contribution in [0.25, 0.3) is 0 Å². The van der Waals surface area contributed by atoms with Crippen LogP contribution in [-0.4, -0.2) is 54.8 Å². The number of urea groups is 1. The van der Waals surface area contributed by atoms with Gasteiger partial charge in [0, 0.05) is 19.3 Å². The first-order valence-corrected chi connectivity index (χ1v) is 10.4. The maximum absolute atomic E-state index is 12.0. The Balaban J connectivity index is 1.74. The smallest absolute Gasteiger partial charge is 0.321 e. The van der Waals surface area contributed by atoms with Gasteiger partial charge in [0.05, 0.1) is 6.20 Å². The molecule has 156 valence electrons. The molecule has 1 fully saturated rings. The molecular formula is C16H25N5O6S. The van der Waals surface area contributed by atoms with E-state index in [-0.39, 0.29) is 10.9 Å². The first kappa shape index (κ1) is 21.8. The minimum atomic E-state index is -3.92. The fourth-order valence-electron chi connectivity index (χ4n) is 2.75. The van der Waals surface area contributed by atoms with Crippen molar-refractivity contribution >= 4 is 27.9 Å².